The second-order valence-electron chi connectivity index (χ2n) is 8.25. The maximum Gasteiger partial charge on any atom is 0.0817 e. The highest BCUT2D eigenvalue weighted by atomic mass is 16.3. The van der Waals surface area contributed by atoms with Crippen LogP contribution < -0.4 is 5.73 Å². The Balaban J connectivity index is 1.84. The van der Waals surface area contributed by atoms with Crippen molar-refractivity contribution in [2.75, 3.05) is 0 Å². The van der Waals surface area contributed by atoms with E-state index in [1.54, 1.807) is 0 Å². The summed E-state index contributed by atoms with van der Waals surface area (Å²) in [5, 5.41) is 20.4. The maximum absolute atomic E-state index is 10.4. The molecule has 1 fully saturated rings. The summed E-state index contributed by atoms with van der Waals surface area (Å²) in [6.45, 7) is 4.52. The normalized spacial score (nSPS) is 53.2. The fraction of sp³-hybridized carbons (Fsp3) is 0.684. The number of aliphatic hydroxyl groups is 2. The van der Waals surface area contributed by atoms with Gasteiger partial charge in [0.1, 0.15) is 0 Å². The van der Waals surface area contributed by atoms with Crippen LogP contribution in [-0.2, 0) is 0 Å². The lowest BCUT2D eigenvalue weighted by Crippen LogP contribution is -2.52. The fourth-order valence-corrected chi connectivity index (χ4v) is 5.61. The lowest BCUT2D eigenvalue weighted by Gasteiger charge is -2.55. The Morgan fingerprint density at radius 1 is 1.18 bits per heavy atom. The van der Waals surface area contributed by atoms with Crippen molar-refractivity contribution in [1.29, 1.82) is 0 Å². The van der Waals surface area contributed by atoms with Gasteiger partial charge in [0, 0.05) is 11.5 Å². The van der Waals surface area contributed by atoms with Gasteiger partial charge >= 0.3 is 0 Å². The maximum atomic E-state index is 10.4. The Morgan fingerprint density at radius 3 is 2.73 bits per heavy atom. The van der Waals surface area contributed by atoms with E-state index in [1.807, 2.05) is 12.2 Å². The van der Waals surface area contributed by atoms with Crippen LogP contribution in [0.15, 0.2) is 35.5 Å². The Labute approximate surface area is 132 Å². The van der Waals surface area contributed by atoms with Crippen LogP contribution in [0.25, 0.3) is 0 Å². The Hall–Kier alpha value is -0.900. The summed E-state index contributed by atoms with van der Waals surface area (Å²) in [4.78, 5) is 0. The predicted octanol–water partition coefficient (Wildman–Crippen LogP) is 2.30. The summed E-state index contributed by atoms with van der Waals surface area (Å²) >= 11 is 0. The summed E-state index contributed by atoms with van der Waals surface area (Å²) in [7, 11) is 0. The summed E-state index contributed by atoms with van der Waals surface area (Å²) in [5.74, 6) is 0.902. The summed E-state index contributed by atoms with van der Waals surface area (Å²) in [6, 6.07) is 0.0614. The number of nitrogens with two attached hydrogens (primary N) is 1. The van der Waals surface area contributed by atoms with E-state index in [1.165, 1.54) is 11.1 Å². The van der Waals surface area contributed by atoms with Crippen molar-refractivity contribution in [3.63, 3.8) is 0 Å². The molecule has 1 saturated carbocycles. The molecule has 1 unspecified atom stereocenters. The number of rotatable bonds is 0. The van der Waals surface area contributed by atoms with E-state index in [0.717, 1.165) is 25.7 Å². The fourth-order valence-electron chi connectivity index (χ4n) is 5.61. The van der Waals surface area contributed by atoms with E-state index in [2.05, 4.69) is 26.0 Å². The first-order valence-electron chi connectivity index (χ1n) is 8.60. The molecule has 0 aromatic rings. The van der Waals surface area contributed by atoms with Crippen molar-refractivity contribution in [3.05, 3.63) is 35.5 Å². The van der Waals surface area contributed by atoms with Crippen LogP contribution >= 0.6 is 0 Å². The summed E-state index contributed by atoms with van der Waals surface area (Å²) in [6.07, 6.45) is 11.4. The molecule has 0 spiro atoms. The topological polar surface area (TPSA) is 66.5 Å². The highest BCUT2D eigenvalue weighted by Gasteiger charge is 2.54. The van der Waals surface area contributed by atoms with Crippen molar-refractivity contribution in [2.24, 2.45) is 28.4 Å². The van der Waals surface area contributed by atoms with Gasteiger partial charge in [-0.3, -0.25) is 0 Å². The van der Waals surface area contributed by atoms with Crippen molar-refractivity contribution < 1.29 is 10.2 Å². The molecule has 0 bridgehead atoms. The smallest absolute Gasteiger partial charge is 0.0817 e. The molecule has 0 aliphatic heterocycles. The second-order valence-corrected chi connectivity index (χ2v) is 8.25. The number of hydrogen-bond donors (Lipinski definition) is 3. The molecule has 4 rings (SSSR count). The van der Waals surface area contributed by atoms with Crippen LogP contribution in [0, 0.1) is 22.7 Å². The molecule has 3 heteroatoms. The third-order valence-corrected chi connectivity index (χ3v) is 7.12. The molecule has 0 amide bonds. The zero-order valence-corrected chi connectivity index (χ0v) is 13.5. The molecule has 3 nitrogen and oxygen atoms in total. The van der Waals surface area contributed by atoms with Gasteiger partial charge in [-0.25, -0.2) is 0 Å². The molecule has 0 aromatic heterocycles. The molecule has 4 aliphatic carbocycles. The summed E-state index contributed by atoms with van der Waals surface area (Å²) < 4.78 is 0. The van der Waals surface area contributed by atoms with Crippen LogP contribution in [-0.4, -0.2) is 28.5 Å². The van der Waals surface area contributed by atoms with E-state index in [-0.39, 0.29) is 29.1 Å². The van der Waals surface area contributed by atoms with Crippen molar-refractivity contribution >= 4 is 0 Å². The van der Waals surface area contributed by atoms with Gasteiger partial charge in [-0.2, -0.15) is 0 Å². The molecule has 0 radical (unpaired) electrons. The standard InChI is InChI=1S/C19H27NO2/c1-18-7-5-12(21)9-11(18)10-15(20)17-13-3-4-16(22)19(13,2)8-6-14(17)18/h3-5,7,11-12,14-16,21-22H,6,8-10,20H2,1-2H3/t11?,12-,14-,15-,16-,18-,19-/m0/s1. The van der Waals surface area contributed by atoms with E-state index in [0.29, 0.717) is 11.8 Å². The van der Waals surface area contributed by atoms with Crippen molar-refractivity contribution in [1.82, 2.24) is 0 Å². The minimum atomic E-state index is -0.377. The van der Waals surface area contributed by atoms with Crippen molar-refractivity contribution in [2.45, 2.75) is 57.8 Å². The van der Waals surface area contributed by atoms with Gasteiger partial charge in [-0.05, 0) is 54.1 Å². The van der Waals surface area contributed by atoms with E-state index < -0.39 is 0 Å². The minimum Gasteiger partial charge on any atom is -0.389 e. The number of aliphatic hydroxyl groups excluding tert-OH is 2. The Morgan fingerprint density at radius 2 is 1.95 bits per heavy atom. The average Bonchev–Trinajstić information content (AvgIpc) is 2.77. The van der Waals surface area contributed by atoms with Crippen LogP contribution in [0.2, 0.25) is 0 Å². The van der Waals surface area contributed by atoms with Crippen LogP contribution in [0.1, 0.15) is 39.5 Å². The molecule has 22 heavy (non-hydrogen) atoms. The lowest BCUT2D eigenvalue weighted by atomic mass is 9.50. The minimum absolute atomic E-state index is 0.0614. The van der Waals surface area contributed by atoms with Crippen LogP contribution in [0.3, 0.4) is 0 Å². The number of allylic oxidation sites excluding steroid dienone is 2. The third-order valence-electron chi connectivity index (χ3n) is 7.12. The molecule has 7 atom stereocenters. The van der Waals surface area contributed by atoms with Gasteiger partial charge in [0.15, 0.2) is 0 Å². The number of fused-ring (bicyclic) bond motifs is 4. The zero-order valence-electron chi connectivity index (χ0n) is 13.5. The molecular weight excluding hydrogens is 274 g/mol. The van der Waals surface area contributed by atoms with Crippen LogP contribution in [0.4, 0.5) is 0 Å². The van der Waals surface area contributed by atoms with Crippen molar-refractivity contribution in [3.8, 4) is 0 Å². The third kappa shape index (κ3) is 1.73. The first kappa shape index (κ1) is 14.7. The number of hydrogen-bond acceptors (Lipinski definition) is 3. The first-order valence-corrected chi connectivity index (χ1v) is 8.60. The largest absolute Gasteiger partial charge is 0.389 e. The highest BCUT2D eigenvalue weighted by molar-refractivity contribution is 5.47. The molecular formula is C19H27NO2. The van der Waals surface area contributed by atoms with Gasteiger partial charge in [-0.15, -0.1) is 0 Å². The van der Waals surface area contributed by atoms with E-state index in [4.69, 9.17) is 5.73 Å². The SMILES string of the molecule is C[C@]12CC[C@H]3C(=C1C=C[C@@H]2O)[C@@H](N)CC1C[C@@H](O)C=C[C@@]13C. The lowest BCUT2D eigenvalue weighted by molar-refractivity contribution is 0.0295. The quantitative estimate of drug-likeness (QED) is 0.602. The van der Waals surface area contributed by atoms with Gasteiger partial charge in [0.2, 0.25) is 0 Å². The van der Waals surface area contributed by atoms with E-state index >= 15 is 0 Å². The van der Waals surface area contributed by atoms with Gasteiger partial charge in [0.05, 0.1) is 12.2 Å². The van der Waals surface area contributed by atoms with Gasteiger partial charge < -0.3 is 15.9 Å². The Bertz CT molecular complexity index is 592. The molecule has 0 heterocycles. The highest BCUT2D eigenvalue weighted by Crippen LogP contribution is 2.60. The molecule has 4 N–H and O–H groups in total. The van der Waals surface area contributed by atoms with Gasteiger partial charge in [-0.1, -0.05) is 38.2 Å². The van der Waals surface area contributed by atoms with Gasteiger partial charge in [0.25, 0.3) is 0 Å². The molecule has 0 saturated heterocycles. The molecule has 0 aromatic carbocycles. The second kappa shape index (κ2) is 4.56. The first-order chi connectivity index (χ1) is 10.4. The summed E-state index contributed by atoms with van der Waals surface area (Å²) in [5.41, 5.74) is 9.20. The predicted molar refractivity (Wildman–Crippen MR) is 87.0 cm³/mol. The average molecular weight is 301 g/mol. The van der Waals surface area contributed by atoms with E-state index in [9.17, 15) is 10.2 Å². The zero-order chi connectivity index (χ0) is 15.7. The molecule has 120 valence electrons. The van der Waals surface area contributed by atoms with Crippen LogP contribution in [0.5, 0.6) is 0 Å². The Kier molecular flexibility index (Phi) is 3.04. The monoisotopic (exact) mass is 301 g/mol. The molecule has 4 aliphatic rings.